The van der Waals surface area contributed by atoms with Gasteiger partial charge in [0.1, 0.15) is 5.00 Å². The molecule has 0 aliphatic carbocycles. The summed E-state index contributed by atoms with van der Waals surface area (Å²) in [5.41, 5.74) is 2.46. The van der Waals surface area contributed by atoms with Gasteiger partial charge in [-0.3, -0.25) is 5.10 Å². The first-order valence-corrected chi connectivity index (χ1v) is 6.39. The van der Waals surface area contributed by atoms with Gasteiger partial charge in [0.15, 0.2) is 0 Å². The molecule has 0 amide bonds. The summed E-state index contributed by atoms with van der Waals surface area (Å²) in [6.07, 6.45) is 3.21. The fourth-order valence-electron chi connectivity index (χ4n) is 1.62. The van der Waals surface area contributed by atoms with Gasteiger partial charge in [0.2, 0.25) is 5.95 Å². The van der Waals surface area contributed by atoms with E-state index in [9.17, 15) is 4.39 Å². The van der Waals surface area contributed by atoms with Crippen molar-refractivity contribution in [1.29, 1.82) is 0 Å². The summed E-state index contributed by atoms with van der Waals surface area (Å²) in [7, 11) is 0. The Morgan fingerprint density at radius 3 is 3.00 bits per heavy atom. The zero-order valence-corrected chi connectivity index (χ0v) is 10.6. The van der Waals surface area contributed by atoms with Crippen molar-refractivity contribution in [2.75, 3.05) is 5.32 Å². The summed E-state index contributed by atoms with van der Waals surface area (Å²) in [5, 5.41) is 11.3. The van der Waals surface area contributed by atoms with Gasteiger partial charge in [0.05, 0.1) is 17.9 Å². The van der Waals surface area contributed by atoms with E-state index in [-0.39, 0.29) is 0 Å². The molecule has 3 aromatic heterocycles. The summed E-state index contributed by atoms with van der Waals surface area (Å²) < 4.78 is 16.7. The largest absolute Gasteiger partial charge is 0.370 e. The van der Waals surface area contributed by atoms with Crippen molar-refractivity contribution < 1.29 is 4.39 Å². The lowest BCUT2D eigenvalue weighted by Gasteiger charge is -1.98. The molecule has 7 heteroatoms. The Labute approximate surface area is 112 Å². The molecular formula is C12H10FN5S. The van der Waals surface area contributed by atoms with Gasteiger partial charge in [0.25, 0.3) is 0 Å². The number of rotatable bonds is 4. The molecule has 0 radical (unpaired) electrons. The van der Waals surface area contributed by atoms with Crippen LogP contribution in [0.4, 0.5) is 9.39 Å². The molecule has 0 aromatic carbocycles. The Morgan fingerprint density at radius 1 is 1.32 bits per heavy atom. The summed E-state index contributed by atoms with van der Waals surface area (Å²) in [4.78, 5) is 3.61. The van der Waals surface area contributed by atoms with Crippen molar-refractivity contribution in [2.45, 2.75) is 6.54 Å². The van der Waals surface area contributed by atoms with Crippen molar-refractivity contribution in [1.82, 2.24) is 19.6 Å². The van der Waals surface area contributed by atoms with Gasteiger partial charge in [-0.05, 0) is 35.8 Å². The van der Waals surface area contributed by atoms with Gasteiger partial charge in [0, 0.05) is 18.0 Å². The van der Waals surface area contributed by atoms with E-state index in [0.717, 1.165) is 22.0 Å². The maximum atomic E-state index is 12.7. The van der Waals surface area contributed by atoms with Crippen LogP contribution >= 0.6 is 11.5 Å². The van der Waals surface area contributed by atoms with Crippen LogP contribution in [0.2, 0.25) is 0 Å². The first kappa shape index (κ1) is 11.8. The maximum absolute atomic E-state index is 12.7. The van der Waals surface area contributed by atoms with Gasteiger partial charge >= 0.3 is 0 Å². The molecule has 0 saturated carbocycles. The van der Waals surface area contributed by atoms with Crippen LogP contribution < -0.4 is 5.32 Å². The second-order valence-electron chi connectivity index (χ2n) is 3.88. The second kappa shape index (κ2) is 5.15. The molecule has 2 N–H and O–H groups in total. The molecule has 0 bridgehead atoms. The van der Waals surface area contributed by atoms with Crippen LogP contribution in [0.25, 0.3) is 11.3 Å². The standard InChI is InChI=1S/C12H10FN5S/c13-11-2-1-8(6-14-11)10-5-9(17-18-10)7-15-12-3-4-16-19-12/h1-6,15H,7H2,(H,17,18). The fourth-order valence-corrected chi connectivity index (χ4v) is 2.11. The van der Waals surface area contributed by atoms with Crippen LogP contribution in [-0.2, 0) is 6.54 Å². The smallest absolute Gasteiger partial charge is 0.212 e. The van der Waals surface area contributed by atoms with Crippen molar-refractivity contribution >= 4 is 16.5 Å². The van der Waals surface area contributed by atoms with Gasteiger partial charge in [-0.1, -0.05) is 0 Å². The SMILES string of the molecule is Fc1ccc(-c2cc(CNc3ccns3)[nH]n2)cn1. The number of anilines is 1. The number of aromatic nitrogens is 4. The minimum absolute atomic E-state index is 0.494. The van der Waals surface area contributed by atoms with Crippen LogP contribution in [-0.4, -0.2) is 19.6 Å². The molecule has 3 rings (SSSR count). The molecule has 0 atom stereocenters. The molecule has 19 heavy (non-hydrogen) atoms. The lowest BCUT2D eigenvalue weighted by molar-refractivity contribution is 0.584. The molecule has 3 heterocycles. The average molecular weight is 275 g/mol. The molecule has 0 aliphatic rings. The summed E-state index contributed by atoms with van der Waals surface area (Å²) in [5.74, 6) is -0.494. The third-order valence-corrected chi connectivity index (χ3v) is 3.25. The Bertz CT molecular complexity index is 647. The second-order valence-corrected chi connectivity index (χ2v) is 4.71. The van der Waals surface area contributed by atoms with Gasteiger partial charge in [-0.15, -0.1) is 0 Å². The van der Waals surface area contributed by atoms with Crippen molar-refractivity contribution in [3.05, 3.63) is 48.3 Å². The Balaban J connectivity index is 1.70. The molecule has 0 spiro atoms. The Kier molecular flexibility index (Phi) is 3.20. The Hall–Kier alpha value is -2.28. The Morgan fingerprint density at radius 2 is 2.26 bits per heavy atom. The van der Waals surface area contributed by atoms with Gasteiger partial charge < -0.3 is 5.32 Å². The lowest BCUT2D eigenvalue weighted by Crippen LogP contribution is -1.97. The van der Waals surface area contributed by atoms with Crippen molar-refractivity contribution in [3.63, 3.8) is 0 Å². The number of nitrogens with one attached hydrogen (secondary N) is 2. The average Bonchev–Trinajstić information content (AvgIpc) is 3.09. The lowest BCUT2D eigenvalue weighted by atomic mass is 10.2. The molecule has 3 aromatic rings. The normalized spacial score (nSPS) is 10.6. The van der Waals surface area contributed by atoms with Gasteiger partial charge in [-0.2, -0.15) is 13.9 Å². The summed E-state index contributed by atoms with van der Waals surface area (Å²) in [6.45, 7) is 0.629. The van der Waals surface area contributed by atoms with Crippen molar-refractivity contribution in [2.24, 2.45) is 0 Å². The topological polar surface area (TPSA) is 66.5 Å². The van der Waals surface area contributed by atoms with Crippen LogP contribution in [0.3, 0.4) is 0 Å². The monoisotopic (exact) mass is 275 g/mol. The predicted octanol–water partition coefficient (Wildman–Crippen LogP) is 2.68. The van der Waals surface area contributed by atoms with E-state index in [2.05, 4.69) is 24.9 Å². The van der Waals surface area contributed by atoms with Crippen LogP contribution in [0.5, 0.6) is 0 Å². The fraction of sp³-hybridized carbons (Fsp3) is 0.0833. The van der Waals surface area contributed by atoms with E-state index in [0.29, 0.717) is 6.54 Å². The highest BCUT2D eigenvalue weighted by Gasteiger charge is 2.05. The van der Waals surface area contributed by atoms with Crippen LogP contribution in [0, 0.1) is 5.95 Å². The highest BCUT2D eigenvalue weighted by atomic mass is 32.1. The molecule has 0 aliphatic heterocycles. The minimum Gasteiger partial charge on any atom is -0.370 e. The van der Waals surface area contributed by atoms with E-state index in [1.54, 1.807) is 12.3 Å². The van der Waals surface area contributed by atoms with Crippen LogP contribution in [0.15, 0.2) is 36.7 Å². The van der Waals surface area contributed by atoms with E-state index >= 15 is 0 Å². The zero-order chi connectivity index (χ0) is 13.1. The quantitative estimate of drug-likeness (QED) is 0.718. The van der Waals surface area contributed by atoms with E-state index in [4.69, 9.17) is 0 Å². The number of hydrogen-bond acceptors (Lipinski definition) is 5. The van der Waals surface area contributed by atoms with Crippen LogP contribution in [0.1, 0.15) is 5.69 Å². The van der Waals surface area contributed by atoms with E-state index in [1.807, 2.05) is 12.1 Å². The molecule has 96 valence electrons. The highest BCUT2D eigenvalue weighted by molar-refractivity contribution is 7.10. The predicted molar refractivity (Wildman–Crippen MR) is 71.2 cm³/mol. The number of halogens is 1. The zero-order valence-electron chi connectivity index (χ0n) is 9.80. The highest BCUT2D eigenvalue weighted by Crippen LogP contribution is 2.18. The number of nitrogens with zero attached hydrogens (tertiary/aromatic N) is 3. The molecule has 0 saturated heterocycles. The van der Waals surface area contributed by atoms with E-state index < -0.39 is 5.95 Å². The number of hydrogen-bond donors (Lipinski definition) is 2. The number of aromatic amines is 1. The third kappa shape index (κ3) is 2.76. The molecule has 5 nitrogen and oxygen atoms in total. The first-order chi connectivity index (χ1) is 9.31. The number of H-pyrrole nitrogens is 1. The van der Waals surface area contributed by atoms with E-state index in [1.165, 1.54) is 23.8 Å². The number of pyridine rings is 1. The summed E-state index contributed by atoms with van der Waals surface area (Å²) in [6, 6.07) is 6.78. The van der Waals surface area contributed by atoms with Gasteiger partial charge in [-0.25, -0.2) is 4.98 Å². The third-order valence-electron chi connectivity index (χ3n) is 2.54. The van der Waals surface area contributed by atoms with Crippen molar-refractivity contribution in [3.8, 4) is 11.3 Å². The maximum Gasteiger partial charge on any atom is 0.212 e. The first-order valence-electron chi connectivity index (χ1n) is 5.62. The molecular weight excluding hydrogens is 265 g/mol. The minimum atomic E-state index is -0.494. The molecule has 0 unspecified atom stereocenters. The summed E-state index contributed by atoms with van der Waals surface area (Å²) >= 11 is 1.40. The molecule has 0 fully saturated rings.